The van der Waals surface area contributed by atoms with E-state index in [1.165, 1.54) is 38.9 Å². The molecule has 0 saturated carbocycles. The molecule has 0 fully saturated rings. The summed E-state index contributed by atoms with van der Waals surface area (Å²) in [4.78, 5) is 6.90. The number of hydrogen-bond acceptors (Lipinski definition) is 2. The molecule has 3 aromatic rings. The Bertz CT molecular complexity index is 977. The van der Waals surface area contributed by atoms with Gasteiger partial charge in [-0.2, -0.15) is 0 Å². The van der Waals surface area contributed by atoms with Crippen molar-refractivity contribution in [2.45, 2.75) is 33.6 Å². The first kappa shape index (κ1) is 17.0. The molecule has 0 saturated heterocycles. The van der Waals surface area contributed by atoms with Gasteiger partial charge in [-0.15, -0.1) is 0 Å². The van der Waals surface area contributed by atoms with Gasteiger partial charge in [-0.05, 0) is 69.1 Å². The Morgan fingerprint density at radius 2 is 1.88 bits per heavy atom. The molecule has 3 nitrogen and oxygen atoms in total. The van der Waals surface area contributed by atoms with Gasteiger partial charge < -0.3 is 9.47 Å². The lowest BCUT2D eigenvalue weighted by molar-refractivity contribution is 0.351. The highest BCUT2D eigenvalue weighted by Gasteiger charge is 2.20. The fraction of sp³-hybridized carbons (Fsp3) is 0.348. The molecule has 134 valence electrons. The van der Waals surface area contributed by atoms with Gasteiger partial charge in [-0.3, -0.25) is 4.98 Å². The number of nitrogens with zero attached hydrogens (tertiary/aromatic N) is 3. The van der Waals surface area contributed by atoms with E-state index in [-0.39, 0.29) is 0 Å². The van der Waals surface area contributed by atoms with Crippen molar-refractivity contribution in [2.75, 3.05) is 20.1 Å². The van der Waals surface area contributed by atoms with Gasteiger partial charge in [0.1, 0.15) is 0 Å². The van der Waals surface area contributed by atoms with E-state index in [2.05, 4.69) is 71.9 Å². The van der Waals surface area contributed by atoms with Crippen LogP contribution in [0.3, 0.4) is 0 Å². The van der Waals surface area contributed by atoms with E-state index in [9.17, 15) is 0 Å². The number of hydrogen-bond donors (Lipinski definition) is 0. The average Bonchev–Trinajstić information content (AvgIpc) is 2.76. The lowest BCUT2D eigenvalue weighted by Gasteiger charge is -2.13. The van der Waals surface area contributed by atoms with E-state index in [1.807, 2.05) is 13.1 Å². The van der Waals surface area contributed by atoms with Crippen LogP contribution in [0.2, 0.25) is 0 Å². The molecule has 0 bridgehead atoms. The summed E-state index contributed by atoms with van der Waals surface area (Å²) in [6.45, 7) is 8.64. The highest BCUT2D eigenvalue weighted by atomic mass is 15.1. The number of pyridine rings is 1. The van der Waals surface area contributed by atoms with Crippen molar-refractivity contribution >= 4 is 22.7 Å². The van der Waals surface area contributed by atoms with E-state index in [0.29, 0.717) is 0 Å². The predicted octanol–water partition coefficient (Wildman–Crippen LogP) is 4.70. The first-order valence-electron chi connectivity index (χ1n) is 9.45. The monoisotopic (exact) mass is 345 g/mol. The molecule has 0 N–H and O–H groups in total. The zero-order chi connectivity index (χ0) is 18.3. The maximum atomic E-state index is 4.46. The molecule has 0 radical (unpaired) electrons. The summed E-state index contributed by atoms with van der Waals surface area (Å²) in [6.07, 6.45) is 6.49. The number of rotatable bonds is 2. The molecule has 1 aromatic carbocycles. The lowest BCUT2D eigenvalue weighted by atomic mass is 10.1. The maximum Gasteiger partial charge on any atom is 0.0528 e. The summed E-state index contributed by atoms with van der Waals surface area (Å²) in [5.41, 5.74) is 9.14. The van der Waals surface area contributed by atoms with Gasteiger partial charge in [0, 0.05) is 48.7 Å². The SMILES string of the molecule is C/C(=C\n1c2c(c3cc(C)ccc31)CCN(C)CC2)c1ccc(C)nc1. The van der Waals surface area contributed by atoms with Crippen LogP contribution >= 0.6 is 0 Å². The van der Waals surface area contributed by atoms with Gasteiger partial charge in [0.05, 0.1) is 5.52 Å². The second-order valence-corrected chi connectivity index (χ2v) is 7.62. The molecule has 0 spiro atoms. The fourth-order valence-electron chi connectivity index (χ4n) is 3.93. The first-order chi connectivity index (χ1) is 12.5. The molecule has 2 aromatic heterocycles. The minimum Gasteiger partial charge on any atom is -0.320 e. The summed E-state index contributed by atoms with van der Waals surface area (Å²) >= 11 is 0. The van der Waals surface area contributed by atoms with E-state index >= 15 is 0 Å². The van der Waals surface area contributed by atoms with Crippen LogP contribution in [0.15, 0.2) is 36.5 Å². The number of benzene rings is 1. The summed E-state index contributed by atoms with van der Waals surface area (Å²) in [6, 6.07) is 11.1. The summed E-state index contributed by atoms with van der Waals surface area (Å²) < 4.78 is 2.43. The van der Waals surface area contributed by atoms with Crippen LogP contribution in [0, 0.1) is 13.8 Å². The van der Waals surface area contributed by atoms with Crippen molar-refractivity contribution < 1.29 is 0 Å². The van der Waals surface area contributed by atoms with Crippen molar-refractivity contribution in [3.05, 3.63) is 64.6 Å². The molecule has 26 heavy (non-hydrogen) atoms. The zero-order valence-corrected chi connectivity index (χ0v) is 16.2. The largest absolute Gasteiger partial charge is 0.320 e. The minimum absolute atomic E-state index is 1.06. The van der Waals surface area contributed by atoms with E-state index < -0.39 is 0 Å². The van der Waals surface area contributed by atoms with Crippen molar-refractivity contribution in [2.24, 2.45) is 0 Å². The Morgan fingerprint density at radius 3 is 2.65 bits per heavy atom. The van der Waals surface area contributed by atoms with Crippen molar-refractivity contribution in [3.8, 4) is 0 Å². The van der Waals surface area contributed by atoms with Crippen molar-refractivity contribution in [3.63, 3.8) is 0 Å². The van der Waals surface area contributed by atoms with Crippen LogP contribution in [0.4, 0.5) is 0 Å². The second-order valence-electron chi connectivity index (χ2n) is 7.62. The average molecular weight is 345 g/mol. The Morgan fingerprint density at radius 1 is 1.08 bits per heavy atom. The van der Waals surface area contributed by atoms with Gasteiger partial charge in [0.25, 0.3) is 0 Å². The van der Waals surface area contributed by atoms with Crippen LogP contribution in [0.25, 0.3) is 22.7 Å². The number of likely N-dealkylation sites (N-methyl/N-ethyl adjacent to an activating group) is 1. The van der Waals surface area contributed by atoms with Gasteiger partial charge in [0.15, 0.2) is 0 Å². The summed E-state index contributed by atoms with van der Waals surface area (Å²) in [5, 5.41) is 1.42. The highest BCUT2D eigenvalue weighted by Crippen LogP contribution is 2.31. The summed E-state index contributed by atoms with van der Waals surface area (Å²) in [7, 11) is 2.22. The van der Waals surface area contributed by atoms with Gasteiger partial charge in [0.2, 0.25) is 0 Å². The predicted molar refractivity (Wildman–Crippen MR) is 110 cm³/mol. The standard InChI is InChI=1S/C23H27N3/c1-16-5-8-22-21(13-16)20-9-11-25(4)12-10-23(20)26(22)15-17(2)19-7-6-18(3)24-14-19/h5-8,13-15H,9-12H2,1-4H3/b17-15+. The van der Waals surface area contributed by atoms with Gasteiger partial charge >= 0.3 is 0 Å². The molecular weight excluding hydrogens is 318 g/mol. The highest BCUT2D eigenvalue weighted by molar-refractivity contribution is 5.90. The van der Waals surface area contributed by atoms with E-state index in [1.54, 1.807) is 0 Å². The van der Waals surface area contributed by atoms with Crippen molar-refractivity contribution in [1.29, 1.82) is 0 Å². The molecule has 3 heterocycles. The van der Waals surface area contributed by atoms with Crippen molar-refractivity contribution in [1.82, 2.24) is 14.5 Å². The van der Waals surface area contributed by atoms with E-state index in [4.69, 9.17) is 0 Å². The molecule has 0 unspecified atom stereocenters. The Balaban J connectivity index is 1.89. The Hall–Kier alpha value is -2.39. The Kier molecular flexibility index (Phi) is 4.41. The Labute approximate surface area is 156 Å². The number of allylic oxidation sites excluding steroid dienone is 1. The lowest BCUT2D eigenvalue weighted by Crippen LogP contribution is -2.21. The topological polar surface area (TPSA) is 21.1 Å². The maximum absolute atomic E-state index is 4.46. The summed E-state index contributed by atoms with van der Waals surface area (Å²) in [5.74, 6) is 0. The van der Waals surface area contributed by atoms with Crippen LogP contribution in [0.1, 0.15) is 35.0 Å². The van der Waals surface area contributed by atoms with E-state index in [0.717, 1.165) is 31.6 Å². The third kappa shape index (κ3) is 3.08. The minimum atomic E-state index is 1.06. The van der Waals surface area contributed by atoms with Crippen LogP contribution in [-0.4, -0.2) is 34.6 Å². The van der Waals surface area contributed by atoms with Crippen LogP contribution in [0.5, 0.6) is 0 Å². The molecule has 1 aliphatic rings. The number of fused-ring (bicyclic) bond motifs is 3. The molecule has 0 aliphatic carbocycles. The molecule has 0 amide bonds. The molecular formula is C23H27N3. The van der Waals surface area contributed by atoms with Crippen LogP contribution < -0.4 is 0 Å². The molecule has 3 heteroatoms. The zero-order valence-electron chi connectivity index (χ0n) is 16.2. The normalized spacial score (nSPS) is 15.9. The molecule has 1 aliphatic heterocycles. The smallest absolute Gasteiger partial charge is 0.0528 e. The fourth-order valence-corrected chi connectivity index (χ4v) is 3.93. The molecule has 0 atom stereocenters. The molecule has 4 rings (SSSR count). The number of aromatic nitrogens is 2. The van der Waals surface area contributed by atoms with Crippen LogP contribution in [-0.2, 0) is 12.8 Å². The quantitative estimate of drug-likeness (QED) is 0.671. The van der Waals surface area contributed by atoms with Gasteiger partial charge in [-0.25, -0.2) is 0 Å². The van der Waals surface area contributed by atoms with Gasteiger partial charge in [-0.1, -0.05) is 17.7 Å². The first-order valence-corrected chi connectivity index (χ1v) is 9.45. The number of aryl methyl sites for hydroxylation is 2. The second kappa shape index (κ2) is 6.73. The third-order valence-corrected chi connectivity index (χ3v) is 5.54. The third-order valence-electron chi connectivity index (χ3n) is 5.54.